The Hall–Kier alpha value is -2.13. The summed E-state index contributed by atoms with van der Waals surface area (Å²) in [6.45, 7) is 1.30. The number of carboxylic acids is 1. The number of rotatable bonds is 8. The van der Waals surface area contributed by atoms with E-state index in [4.69, 9.17) is 9.84 Å². The lowest BCUT2D eigenvalue weighted by atomic mass is 10.1. The van der Waals surface area contributed by atoms with Gasteiger partial charge in [0.25, 0.3) is 0 Å². The maximum atomic E-state index is 10.6. The molecule has 2 aromatic rings. The van der Waals surface area contributed by atoms with Gasteiger partial charge >= 0.3 is 5.97 Å². The van der Waals surface area contributed by atoms with Crippen molar-refractivity contribution in [2.75, 3.05) is 6.61 Å². The van der Waals surface area contributed by atoms with Crippen molar-refractivity contribution < 1.29 is 14.6 Å². The van der Waals surface area contributed by atoms with Gasteiger partial charge in [-0.25, -0.2) is 0 Å². The van der Waals surface area contributed by atoms with E-state index in [-0.39, 0.29) is 6.42 Å². The molecule has 0 amide bonds. The predicted octanol–water partition coefficient (Wildman–Crippen LogP) is 3.46. The third kappa shape index (κ3) is 5.79. The van der Waals surface area contributed by atoms with E-state index in [0.717, 1.165) is 30.6 Å². The molecule has 2 aromatic carbocycles. The molecule has 0 aliphatic heterocycles. The van der Waals surface area contributed by atoms with Gasteiger partial charge < -0.3 is 9.84 Å². The highest BCUT2D eigenvalue weighted by Crippen LogP contribution is 2.08. The monoisotopic (exact) mass is 284 g/mol. The average molecular weight is 284 g/mol. The first-order chi connectivity index (χ1) is 10.2. The summed E-state index contributed by atoms with van der Waals surface area (Å²) in [6, 6.07) is 17.9. The van der Waals surface area contributed by atoms with Gasteiger partial charge in [0.15, 0.2) is 0 Å². The van der Waals surface area contributed by atoms with Gasteiger partial charge in [-0.1, -0.05) is 54.6 Å². The van der Waals surface area contributed by atoms with E-state index >= 15 is 0 Å². The molecule has 0 spiro atoms. The third-order valence-electron chi connectivity index (χ3n) is 3.24. The van der Waals surface area contributed by atoms with Crippen LogP contribution in [-0.2, 0) is 29.0 Å². The molecule has 21 heavy (non-hydrogen) atoms. The minimum absolute atomic E-state index is 0.0677. The molecule has 3 nitrogen and oxygen atoms in total. The van der Waals surface area contributed by atoms with Gasteiger partial charge in [0.2, 0.25) is 0 Å². The molecule has 0 aromatic heterocycles. The van der Waals surface area contributed by atoms with Crippen LogP contribution >= 0.6 is 0 Å². The fraction of sp³-hybridized carbons (Fsp3) is 0.278. The number of carboxylic acid groups (broad SMARTS) is 1. The van der Waals surface area contributed by atoms with Crippen LogP contribution < -0.4 is 0 Å². The fourth-order valence-electron chi connectivity index (χ4n) is 2.14. The summed E-state index contributed by atoms with van der Waals surface area (Å²) in [7, 11) is 0. The van der Waals surface area contributed by atoms with E-state index in [1.54, 1.807) is 0 Å². The summed E-state index contributed by atoms with van der Waals surface area (Å²) in [5, 5.41) is 8.71. The Morgan fingerprint density at radius 1 is 0.905 bits per heavy atom. The van der Waals surface area contributed by atoms with Crippen molar-refractivity contribution in [1.29, 1.82) is 0 Å². The number of ether oxygens (including phenoxy) is 1. The molecule has 0 bridgehead atoms. The van der Waals surface area contributed by atoms with Gasteiger partial charge in [-0.05, 0) is 29.5 Å². The van der Waals surface area contributed by atoms with Gasteiger partial charge in [0, 0.05) is 6.61 Å². The zero-order valence-electron chi connectivity index (χ0n) is 12.0. The maximum absolute atomic E-state index is 10.6. The lowest BCUT2D eigenvalue weighted by Gasteiger charge is -2.05. The summed E-state index contributed by atoms with van der Waals surface area (Å²) in [5.41, 5.74) is 3.22. The zero-order valence-corrected chi connectivity index (χ0v) is 12.0. The molecular weight excluding hydrogens is 264 g/mol. The first kappa shape index (κ1) is 15.3. The molecule has 0 atom stereocenters. The maximum Gasteiger partial charge on any atom is 0.307 e. The zero-order chi connectivity index (χ0) is 14.9. The smallest absolute Gasteiger partial charge is 0.307 e. The molecule has 0 aliphatic carbocycles. The van der Waals surface area contributed by atoms with E-state index < -0.39 is 5.97 Å². The Labute approximate surface area is 125 Å². The van der Waals surface area contributed by atoms with Crippen LogP contribution in [0.5, 0.6) is 0 Å². The van der Waals surface area contributed by atoms with Gasteiger partial charge in [0.1, 0.15) is 0 Å². The van der Waals surface area contributed by atoms with Crippen molar-refractivity contribution in [2.45, 2.75) is 25.9 Å². The highest BCUT2D eigenvalue weighted by molar-refractivity contribution is 5.70. The molecule has 0 saturated heterocycles. The summed E-state index contributed by atoms with van der Waals surface area (Å²) >= 11 is 0. The second-order valence-corrected chi connectivity index (χ2v) is 5.03. The van der Waals surface area contributed by atoms with E-state index in [1.165, 1.54) is 5.56 Å². The summed E-state index contributed by atoms with van der Waals surface area (Å²) in [5.74, 6) is -0.806. The van der Waals surface area contributed by atoms with E-state index in [1.807, 2.05) is 30.3 Å². The molecule has 0 unspecified atom stereocenters. The summed E-state index contributed by atoms with van der Waals surface area (Å²) in [6.07, 6.45) is 2.09. The standard InChI is InChI=1S/C18H20O3/c19-18(20)13-16-8-10-17(11-9-16)14-21-12-4-7-15-5-2-1-3-6-15/h1-3,5-6,8-11H,4,7,12-14H2,(H,19,20). The second-order valence-electron chi connectivity index (χ2n) is 5.03. The largest absolute Gasteiger partial charge is 0.481 e. The summed E-state index contributed by atoms with van der Waals surface area (Å²) in [4.78, 5) is 10.6. The van der Waals surface area contributed by atoms with Crippen molar-refractivity contribution in [3.63, 3.8) is 0 Å². The molecule has 3 heteroatoms. The summed E-state index contributed by atoms with van der Waals surface area (Å²) < 4.78 is 5.65. The topological polar surface area (TPSA) is 46.5 Å². The lowest BCUT2D eigenvalue weighted by Crippen LogP contribution is -2.01. The number of benzene rings is 2. The number of hydrogen-bond acceptors (Lipinski definition) is 2. The Bertz CT molecular complexity index is 546. The molecule has 2 rings (SSSR count). The van der Waals surface area contributed by atoms with Crippen molar-refractivity contribution >= 4 is 5.97 Å². The normalized spacial score (nSPS) is 10.5. The fourth-order valence-corrected chi connectivity index (χ4v) is 2.14. The Balaban J connectivity index is 1.65. The SMILES string of the molecule is O=C(O)Cc1ccc(COCCCc2ccccc2)cc1. The van der Waals surface area contributed by atoms with Gasteiger partial charge in [-0.15, -0.1) is 0 Å². The third-order valence-corrected chi connectivity index (χ3v) is 3.24. The van der Waals surface area contributed by atoms with Gasteiger partial charge in [-0.3, -0.25) is 4.79 Å². The molecule has 0 aliphatic rings. The van der Waals surface area contributed by atoms with Crippen molar-refractivity contribution in [2.24, 2.45) is 0 Å². The molecule has 0 saturated carbocycles. The van der Waals surface area contributed by atoms with E-state index in [9.17, 15) is 4.79 Å². The number of aryl methyl sites for hydroxylation is 1. The highest BCUT2D eigenvalue weighted by Gasteiger charge is 2.00. The van der Waals surface area contributed by atoms with E-state index in [0.29, 0.717) is 6.61 Å². The van der Waals surface area contributed by atoms with Crippen LogP contribution in [-0.4, -0.2) is 17.7 Å². The van der Waals surface area contributed by atoms with E-state index in [2.05, 4.69) is 24.3 Å². The van der Waals surface area contributed by atoms with Crippen LogP contribution in [0.1, 0.15) is 23.1 Å². The molecule has 0 radical (unpaired) electrons. The first-order valence-electron chi connectivity index (χ1n) is 7.15. The molecule has 0 heterocycles. The van der Waals surface area contributed by atoms with Crippen molar-refractivity contribution in [3.05, 3.63) is 71.3 Å². The Morgan fingerprint density at radius 2 is 1.57 bits per heavy atom. The van der Waals surface area contributed by atoms with Crippen LogP contribution in [0.3, 0.4) is 0 Å². The Kier molecular flexibility index (Phi) is 5.98. The number of carbonyl (C=O) groups is 1. The van der Waals surface area contributed by atoms with Crippen molar-refractivity contribution in [1.82, 2.24) is 0 Å². The van der Waals surface area contributed by atoms with Crippen LogP contribution in [0.2, 0.25) is 0 Å². The predicted molar refractivity (Wildman–Crippen MR) is 82.2 cm³/mol. The van der Waals surface area contributed by atoms with Crippen LogP contribution in [0.25, 0.3) is 0 Å². The molecule has 1 N–H and O–H groups in total. The molecule has 110 valence electrons. The lowest BCUT2D eigenvalue weighted by molar-refractivity contribution is -0.136. The van der Waals surface area contributed by atoms with Gasteiger partial charge in [0.05, 0.1) is 13.0 Å². The quantitative estimate of drug-likeness (QED) is 0.755. The minimum atomic E-state index is -0.806. The number of aliphatic carboxylic acids is 1. The molecular formula is C18H20O3. The minimum Gasteiger partial charge on any atom is -0.481 e. The average Bonchev–Trinajstić information content (AvgIpc) is 2.49. The molecule has 0 fully saturated rings. The second kappa shape index (κ2) is 8.22. The van der Waals surface area contributed by atoms with Crippen LogP contribution in [0.15, 0.2) is 54.6 Å². The van der Waals surface area contributed by atoms with Crippen LogP contribution in [0, 0.1) is 0 Å². The highest BCUT2D eigenvalue weighted by atomic mass is 16.5. The van der Waals surface area contributed by atoms with Gasteiger partial charge in [-0.2, -0.15) is 0 Å². The number of hydrogen-bond donors (Lipinski definition) is 1. The van der Waals surface area contributed by atoms with Crippen LogP contribution in [0.4, 0.5) is 0 Å². The first-order valence-corrected chi connectivity index (χ1v) is 7.15. The Morgan fingerprint density at radius 3 is 2.24 bits per heavy atom. The van der Waals surface area contributed by atoms with Crippen molar-refractivity contribution in [3.8, 4) is 0 Å².